The number of anilines is 1. The zero-order valence-corrected chi connectivity index (χ0v) is 9.52. The molecule has 96 valence electrons. The Morgan fingerprint density at radius 3 is 2.47 bits per heavy atom. The van der Waals surface area contributed by atoms with E-state index >= 15 is 0 Å². The van der Waals surface area contributed by atoms with Crippen LogP contribution in [-0.4, -0.2) is 29.0 Å². The van der Waals surface area contributed by atoms with E-state index in [0.29, 0.717) is 5.69 Å². The number of hydrazone groups is 1. The average Bonchev–Trinajstić information content (AvgIpc) is 2.95. The van der Waals surface area contributed by atoms with Crippen molar-refractivity contribution in [3.8, 4) is 0 Å². The Labute approximate surface area is 106 Å². The second kappa shape index (κ2) is 3.87. The first-order valence-corrected chi connectivity index (χ1v) is 5.50. The third-order valence-corrected chi connectivity index (χ3v) is 3.12. The van der Waals surface area contributed by atoms with Gasteiger partial charge in [-0.1, -0.05) is 0 Å². The smallest absolute Gasteiger partial charge is 0.269 e. The molecule has 1 N–H and O–H groups in total. The predicted molar refractivity (Wildman–Crippen MR) is 64.5 cm³/mol. The summed E-state index contributed by atoms with van der Waals surface area (Å²) in [6.07, 6.45) is 1.40. The minimum absolute atomic E-state index is 0.0947. The van der Waals surface area contributed by atoms with Crippen molar-refractivity contribution in [3.05, 3.63) is 34.4 Å². The second-order valence-electron chi connectivity index (χ2n) is 4.20. The Balaban J connectivity index is 1.94. The summed E-state index contributed by atoms with van der Waals surface area (Å²) < 4.78 is 0. The fourth-order valence-corrected chi connectivity index (χ4v) is 2.16. The van der Waals surface area contributed by atoms with Crippen LogP contribution in [0.15, 0.2) is 29.4 Å². The summed E-state index contributed by atoms with van der Waals surface area (Å²) >= 11 is 0. The van der Waals surface area contributed by atoms with Gasteiger partial charge in [-0.2, -0.15) is 5.10 Å². The van der Waals surface area contributed by atoms with Gasteiger partial charge in [-0.05, 0) is 12.1 Å². The third-order valence-electron chi connectivity index (χ3n) is 3.12. The molecule has 2 aliphatic rings. The lowest BCUT2D eigenvalue weighted by atomic mass is 10.1. The van der Waals surface area contributed by atoms with E-state index in [-0.39, 0.29) is 11.6 Å². The van der Waals surface area contributed by atoms with Crippen molar-refractivity contribution in [1.29, 1.82) is 0 Å². The molecule has 2 amide bonds. The molecule has 0 aliphatic carbocycles. The van der Waals surface area contributed by atoms with E-state index in [4.69, 9.17) is 0 Å². The van der Waals surface area contributed by atoms with Crippen LogP contribution in [0.25, 0.3) is 0 Å². The highest BCUT2D eigenvalue weighted by atomic mass is 16.6. The number of benzene rings is 1. The lowest BCUT2D eigenvalue weighted by Gasteiger charge is -2.14. The molecule has 1 aromatic rings. The van der Waals surface area contributed by atoms with Gasteiger partial charge in [0.05, 0.1) is 10.6 Å². The molecule has 1 fully saturated rings. The first kappa shape index (κ1) is 11.3. The maximum atomic E-state index is 12.1. The number of hydrogen-bond acceptors (Lipinski definition) is 6. The summed E-state index contributed by atoms with van der Waals surface area (Å²) in [6, 6.07) is 4.61. The molecule has 2 atom stereocenters. The Morgan fingerprint density at radius 1 is 1.21 bits per heavy atom. The van der Waals surface area contributed by atoms with Gasteiger partial charge in [-0.25, -0.2) is 4.90 Å². The van der Waals surface area contributed by atoms with Gasteiger partial charge in [0.1, 0.15) is 12.0 Å². The van der Waals surface area contributed by atoms with Crippen LogP contribution in [0.1, 0.15) is 0 Å². The molecule has 0 radical (unpaired) electrons. The van der Waals surface area contributed by atoms with Crippen molar-refractivity contribution in [2.24, 2.45) is 11.0 Å². The molecule has 1 aromatic carbocycles. The number of imide groups is 1. The number of rotatable bonds is 2. The van der Waals surface area contributed by atoms with Crippen LogP contribution in [0.5, 0.6) is 0 Å². The number of carbonyl (C=O) groups excluding carboxylic acids is 2. The number of amides is 2. The number of non-ortho nitro benzene ring substituents is 1. The van der Waals surface area contributed by atoms with Crippen LogP contribution in [-0.2, 0) is 9.59 Å². The second-order valence-corrected chi connectivity index (χ2v) is 4.20. The highest BCUT2D eigenvalue weighted by Gasteiger charge is 2.49. The van der Waals surface area contributed by atoms with Gasteiger partial charge >= 0.3 is 0 Å². The van der Waals surface area contributed by atoms with Crippen molar-refractivity contribution in [2.45, 2.75) is 6.04 Å². The summed E-state index contributed by atoms with van der Waals surface area (Å²) in [5.41, 5.74) is 2.81. The van der Waals surface area contributed by atoms with Gasteiger partial charge in [-0.3, -0.25) is 25.1 Å². The van der Waals surface area contributed by atoms with Gasteiger partial charge in [-0.15, -0.1) is 0 Å². The van der Waals surface area contributed by atoms with Crippen LogP contribution in [0.4, 0.5) is 11.4 Å². The van der Waals surface area contributed by atoms with E-state index in [1.807, 2.05) is 0 Å². The fraction of sp³-hybridized carbons (Fsp3) is 0.182. The maximum absolute atomic E-state index is 12.1. The highest BCUT2D eigenvalue weighted by Crippen LogP contribution is 2.29. The molecule has 0 bridgehead atoms. The van der Waals surface area contributed by atoms with E-state index in [9.17, 15) is 19.7 Å². The number of carbonyl (C=O) groups is 2. The van der Waals surface area contributed by atoms with E-state index in [0.717, 1.165) is 4.90 Å². The molecule has 8 heteroatoms. The van der Waals surface area contributed by atoms with E-state index in [2.05, 4.69) is 10.5 Å². The van der Waals surface area contributed by atoms with Crippen LogP contribution in [0.2, 0.25) is 0 Å². The molecular formula is C11H8N4O4. The Hall–Kier alpha value is -2.77. The number of fused-ring (bicyclic) bond motifs is 1. The number of nitrogens with one attached hydrogen (secondary N) is 1. The Kier molecular flexibility index (Phi) is 2.31. The van der Waals surface area contributed by atoms with Crippen molar-refractivity contribution < 1.29 is 14.5 Å². The van der Waals surface area contributed by atoms with Crippen LogP contribution >= 0.6 is 0 Å². The average molecular weight is 260 g/mol. The van der Waals surface area contributed by atoms with Gasteiger partial charge in [0.25, 0.3) is 11.6 Å². The Bertz CT molecular complexity index is 610. The molecular weight excluding hydrogens is 252 g/mol. The van der Waals surface area contributed by atoms with E-state index in [1.54, 1.807) is 0 Å². The highest BCUT2D eigenvalue weighted by molar-refractivity contribution is 6.28. The normalized spacial score (nSPS) is 24.5. The summed E-state index contributed by atoms with van der Waals surface area (Å²) in [6.45, 7) is 0. The minimum atomic E-state index is -0.664. The number of nitro benzene ring substituents is 1. The third kappa shape index (κ3) is 1.57. The zero-order chi connectivity index (χ0) is 13.6. The van der Waals surface area contributed by atoms with Crippen molar-refractivity contribution in [1.82, 2.24) is 5.43 Å². The lowest BCUT2D eigenvalue weighted by Crippen LogP contribution is -2.36. The molecule has 0 unspecified atom stereocenters. The van der Waals surface area contributed by atoms with Crippen molar-refractivity contribution in [3.63, 3.8) is 0 Å². The number of nitrogens with zero attached hydrogens (tertiary/aromatic N) is 3. The summed E-state index contributed by atoms with van der Waals surface area (Å²) in [5.74, 6) is -1.37. The SMILES string of the molecule is O=C1[C@H]2NN=C[C@H]2C(=O)N1c1ccc([N+](=O)[O-])cc1. The first-order chi connectivity index (χ1) is 9.09. The first-order valence-electron chi connectivity index (χ1n) is 5.50. The molecule has 2 heterocycles. The maximum Gasteiger partial charge on any atom is 0.269 e. The van der Waals surface area contributed by atoms with E-state index in [1.165, 1.54) is 30.5 Å². The number of nitro groups is 1. The van der Waals surface area contributed by atoms with Gasteiger partial charge in [0, 0.05) is 18.3 Å². The molecule has 0 saturated carbocycles. The zero-order valence-electron chi connectivity index (χ0n) is 9.52. The lowest BCUT2D eigenvalue weighted by molar-refractivity contribution is -0.384. The largest absolute Gasteiger partial charge is 0.297 e. The van der Waals surface area contributed by atoms with Gasteiger partial charge in [0.15, 0.2) is 0 Å². The topological polar surface area (TPSA) is 105 Å². The fourth-order valence-electron chi connectivity index (χ4n) is 2.16. The quantitative estimate of drug-likeness (QED) is 0.459. The molecule has 1 saturated heterocycles. The molecule has 3 rings (SSSR count). The molecule has 2 aliphatic heterocycles. The van der Waals surface area contributed by atoms with Gasteiger partial charge in [0.2, 0.25) is 5.91 Å². The molecule has 0 spiro atoms. The summed E-state index contributed by atoms with van der Waals surface area (Å²) in [4.78, 5) is 35.1. The monoisotopic (exact) mass is 260 g/mol. The van der Waals surface area contributed by atoms with Gasteiger partial charge < -0.3 is 0 Å². The predicted octanol–water partition coefficient (Wildman–Crippen LogP) is 0.0418. The summed E-state index contributed by atoms with van der Waals surface area (Å²) in [5, 5.41) is 14.3. The molecule has 0 aromatic heterocycles. The van der Waals surface area contributed by atoms with E-state index < -0.39 is 22.8 Å². The molecule has 8 nitrogen and oxygen atoms in total. The van der Waals surface area contributed by atoms with Crippen LogP contribution < -0.4 is 10.3 Å². The number of hydrogen-bond donors (Lipinski definition) is 1. The summed E-state index contributed by atoms with van der Waals surface area (Å²) in [7, 11) is 0. The van der Waals surface area contributed by atoms with Crippen molar-refractivity contribution in [2.75, 3.05) is 4.90 Å². The minimum Gasteiger partial charge on any atom is -0.297 e. The Morgan fingerprint density at radius 2 is 1.89 bits per heavy atom. The van der Waals surface area contributed by atoms with Crippen molar-refractivity contribution >= 4 is 29.4 Å². The van der Waals surface area contributed by atoms with Crippen LogP contribution in [0.3, 0.4) is 0 Å². The van der Waals surface area contributed by atoms with Crippen LogP contribution in [0, 0.1) is 16.0 Å². The molecule has 19 heavy (non-hydrogen) atoms. The standard InChI is InChI=1S/C11H8N4O4/c16-10-8-5-12-13-9(8)11(17)14(10)6-1-3-7(4-2-6)15(18)19/h1-5,8-9,13H/t8-,9+/m1/s1.